The third kappa shape index (κ3) is 7.61. The zero-order valence-corrected chi connectivity index (χ0v) is 18.2. The molecule has 0 radical (unpaired) electrons. The molecule has 162 valence electrons. The van der Waals surface area contributed by atoms with Crippen LogP contribution in [0.25, 0.3) is 0 Å². The number of ether oxygens (including phenoxy) is 2. The molecule has 1 N–H and O–H groups in total. The minimum Gasteiger partial charge on any atom is -0.381 e. The lowest BCUT2D eigenvalue weighted by atomic mass is 10.1. The van der Waals surface area contributed by atoms with Gasteiger partial charge in [-0.15, -0.1) is 0 Å². The summed E-state index contributed by atoms with van der Waals surface area (Å²) in [6.07, 6.45) is 3.40. The van der Waals surface area contributed by atoms with E-state index in [1.54, 1.807) is 0 Å². The molecule has 0 amide bonds. The fraction of sp³-hybridized carbons (Fsp3) is 0.696. The van der Waals surface area contributed by atoms with Crippen molar-refractivity contribution >= 4 is 5.96 Å². The van der Waals surface area contributed by atoms with Crippen molar-refractivity contribution in [2.24, 2.45) is 4.99 Å². The molecule has 0 spiro atoms. The summed E-state index contributed by atoms with van der Waals surface area (Å²) in [5.41, 5.74) is 2.74. The molecule has 2 heterocycles. The van der Waals surface area contributed by atoms with E-state index in [9.17, 15) is 0 Å². The Hall–Kier alpha value is -1.63. The van der Waals surface area contributed by atoms with E-state index in [0.717, 1.165) is 90.9 Å². The molecule has 1 aromatic carbocycles. The molecule has 2 fully saturated rings. The van der Waals surface area contributed by atoms with Crippen molar-refractivity contribution in [3.63, 3.8) is 0 Å². The summed E-state index contributed by atoms with van der Waals surface area (Å²) in [4.78, 5) is 9.79. The van der Waals surface area contributed by atoms with E-state index in [4.69, 9.17) is 14.5 Å². The number of benzene rings is 1. The number of rotatable bonds is 8. The molecule has 0 atom stereocenters. The predicted octanol–water partition coefficient (Wildman–Crippen LogP) is 2.66. The number of aryl methyl sites for hydroxylation is 1. The molecule has 0 bridgehead atoms. The Balaban J connectivity index is 1.39. The number of nitrogens with zero attached hydrogens (tertiary/aromatic N) is 3. The van der Waals surface area contributed by atoms with E-state index in [-0.39, 0.29) is 0 Å². The van der Waals surface area contributed by atoms with Gasteiger partial charge in [0, 0.05) is 65.6 Å². The Morgan fingerprint density at radius 1 is 1.21 bits per heavy atom. The molecule has 2 aliphatic heterocycles. The first kappa shape index (κ1) is 22.1. The Labute approximate surface area is 176 Å². The van der Waals surface area contributed by atoms with Crippen molar-refractivity contribution in [1.29, 1.82) is 0 Å². The topological polar surface area (TPSA) is 49.3 Å². The van der Waals surface area contributed by atoms with Gasteiger partial charge in [-0.3, -0.25) is 9.89 Å². The first-order valence-corrected chi connectivity index (χ1v) is 11.2. The maximum atomic E-state index is 5.96. The van der Waals surface area contributed by atoms with Gasteiger partial charge in [0.1, 0.15) is 0 Å². The zero-order chi connectivity index (χ0) is 20.3. The summed E-state index contributed by atoms with van der Waals surface area (Å²) in [6.45, 7) is 13.7. The van der Waals surface area contributed by atoms with E-state index >= 15 is 0 Å². The first-order chi connectivity index (χ1) is 14.2. The van der Waals surface area contributed by atoms with E-state index in [2.05, 4.69) is 53.2 Å². The van der Waals surface area contributed by atoms with Crippen LogP contribution in [0.5, 0.6) is 0 Å². The lowest BCUT2D eigenvalue weighted by Crippen LogP contribution is -2.52. The quantitative estimate of drug-likeness (QED) is 0.412. The van der Waals surface area contributed by atoms with Gasteiger partial charge in [0.05, 0.1) is 6.10 Å². The van der Waals surface area contributed by atoms with Gasteiger partial charge in [0.25, 0.3) is 0 Å². The van der Waals surface area contributed by atoms with E-state index in [1.165, 1.54) is 11.1 Å². The number of piperazine rings is 1. The molecular weight excluding hydrogens is 364 g/mol. The van der Waals surface area contributed by atoms with Gasteiger partial charge < -0.3 is 19.7 Å². The largest absolute Gasteiger partial charge is 0.381 e. The number of hydrogen-bond acceptors (Lipinski definition) is 4. The number of guanidine groups is 1. The highest BCUT2D eigenvalue weighted by molar-refractivity contribution is 5.80. The highest BCUT2D eigenvalue weighted by Gasteiger charge is 2.19. The number of nitrogens with one attached hydrogen (secondary N) is 1. The summed E-state index contributed by atoms with van der Waals surface area (Å²) in [6, 6.07) is 8.84. The summed E-state index contributed by atoms with van der Waals surface area (Å²) >= 11 is 0. The minimum absolute atomic E-state index is 0.377. The Morgan fingerprint density at radius 3 is 2.72 bits per heavy atom. The zero-order valence-electron chi connectivity index (χ0n) is 18.2. The number of hydrogen-bond donors (Lipinski definition) is 1. The van der Waals surface area contributed by atoms with E-state index in [1.807, 2.05) is 0 Å². The standard InChI is InChI=1S/C23H38N4O2/c1-3-24-23(25-10-5-15-29-22-8-16-28-17-9-22)27-13-11-26(12-14-27)19-21-7-4-6-20(2)18-21/h4,6-7,18,22H,3,5,8-17,19H2,1-2H3,(H,24,25). The monoisotopic (exact) mass is 402 g/mol. The molecule has 3 rings (SSSR count). The molecule has 0 aliphatic carbocycles. The van der Waals surface area contributed by atoms with Crippen molar-refractivity contribution in [1.82, 2.24) is 15.1 Å². The summed E-state index contributed by atoms with van der Waals surface area (Å²) < 4.78 is 11.3. The first-order valence-electron chi connectivity index (χ1n) is 11.2. The van der Waals surface area contributed by atoms with Crippen LogP contribution in [0.15, 0.2) is 29.3 Å². The molecule has 1 aromatic rings. The molecule has 2 saturated heterocycles. The molecular formula is C23H38N4O2. The maximum absolute atomic E-state index is 5.96. The van der Waals surface area contributed by atoms with Crippen LogP contribution < -0.4 is 5.32 Å². The van der Waals surface area contributed by atoms with E-state index in [0.29, 0.717) is 6.10 Å². The van der Waals surface area contributed by atoms with E-state index < -0.39 is 0 Å². The minimum atomic E-state index is 0.377. The van der Waals surface area contributed by atoms with Crippen molar-refractivity contribution < 1.29 is 9.47 Å². The van der Waals surface area contributed by atoms with Gasteiger partial charge in [-0.1, -0.05) is 29.8 Å². The third-order valence-corrected chi connectivity index (χ3v) is 5.58. The van der Waals surface area contributed by atoms with Gasteiger partial charge in [0.2, 0.25) is 0 Å². The second-order valence-corrected chi connectivity index (χ2v) is 8.02. The van der Waals surface area contributed by atoms with Crippen LogP contribution >= 0.6 is 0 Å². The smallest absolute Gasteiger partial charge is 0.194 e. The van der Waals surface area contributed by atoms with Gasteiger partial charge in [-0.05, 0) is 38.7 Å². The molecule has 2 aliphatic rings. The van der Waals surface area contributed by atoms with Crippen LogP contribution in [-0.4, -0.2) is 81.0 Å². The van der Waals surface area contributed by atoms with Crippen LogP contribution in [0.2, 0.25) is 0 Å². The summed E-state index contributed by atoms with van der Waals surface area (Å²) in [7, 11) is 0. The van der Waals surface area contributed by atoms with Crippen molar-refractivity contribution in [3.8, 4) is 0 Å². The molecule has 0 aromatic heterocycles. The molecule has 29 heavy (non-hydrogen) atoms. The molecule has 6 heteroatoms. The lowest BCUT2D eigenvalue weighted by molar-refractivity contribution is -0.0318. The fourth-order valence-corrected chi connectivity index (χ4v) is 3.95. The van der Waals surface area contributed by atoms with Crippen LogP contribution in [0.1, 0.15) is 37.3 Å². The second-order valence-electron chi connectivity index (χ2n) is 8.02. The van der Waals surface area contributed by atoms with Crippen LogP contribution in [0.3, 0.4) is 0 Å². The lowest BCUT2D eigenvalue weighted by Gasteiger charge is -2.36. The third-order valence-electron chi connectivity index (χ3n) is 5.58. The highest BCUT2D eigenvalue weighted by Crippen LogP contribution is 2.12. The van der Waals surface area contributed by atoms with Crippen LogP contribution in [0, 0.1) is 6.92 Å². The van der Waals surface area contributed by atoms with Crippen LogP contribution in [0.4, 0.5) is 0 Å². The highest BCUT2D eigenvalue weighted by atomic mass is 16.5. The van der Waals surface area contributed by atoms with Gasteiger partial charge >= 0.3 is 0 Å². The Bertz CT molecular complexity index is 623. The molecule has 0 saturated carbocycles. The van der Waals surface area contributed by atoms with Gasteiger partial charge in [-0.2, -0.15) is 0 Å². The predicted molar refractivity (Wildman–Crippen MR) is 118 cm³/mol. The average molecular weight is 403 g/mol. The fourth-order valence-electron chi connectivity index (χ4n) is 3.95. The van der Waals surface area contributed by atoms with Gasteiger partial charge in [-0.25, -0.2) is 0 Å². The number of aliphatic imine (C=N–C) groups is 1. The van der Waals surface area contributed by atoms with Crippen molar-refractivity contribution in [2.75, 3.05) is 59.1 Å². The van der Waals surface area contributed by atoms with Crippen LogP contribution in [-0.2, 0) is 16.0 Å². The van der Waals surface area contributed by atoms with Crippen molar-refractivity contribution in [3.05, 3.63) is 35.4 Å². The average Bonchev–Trinajstić information content (AvgIpc) is 2.74. The Morgan fingerprint density at radius 2 is 2.00 bits per heavy atom. The second kappa shape index (κ2) is 12.2. The maximum Gasteiger partial charge on any atom is 0.194 e. The summed E-state index contributed by atoms with van der Waals surface area (Å²) in [5, 5.41) is 3.46. The Kier molecular flexibility index (Phi) is 9.25. The SMILES string of the molecule is CCNC(=NCCCOC1CCOCC1)N1CCN(Cc2cccc(C)c2)CC1. The molecule has 6 nitrogen and oxygen atoms in total. The van der Waals surface area contributed by atoms with Gasteiger partial charge in [0.15, 0.2) is 5.96 Å². The summed E-state index contributed by atoms with van der Waals surface area (Å²) in [5.74, 6) is 1.05. The van der Waals surface area contributed by atoms with Crippen molar-refractivity contribution in [2.45, 2.75) is 45.8 Å². The molecule has 0 unspecified atom stereocenters. The normalized spacial score (nSPS) is 19.5.